The number of hydrogen-bond donors (Lipinski definition) is 2. The van der Waals surface area contributed by atoms with E-state index in [1.165, 1.54) is 13.2 Å². The second-order valence-corrected chi connectivity index (χ2v) is 5.88. The highest BCUT2D eigenvalue weighted by Gasteiger charge is 2.29. The molecule has 0 saturated carbocycles. The number of aliphatic hydroxyl groups excluding tert-OH is 1. The van der Waals surface area contributed by atoms with Crippen molar-refractivity contribution < 1.29 is 14.2 Å². The molecular formula is C16H21FN4O2. The molecule has 0 spiro atoms. The molecule has 1 fully saturated rings. The molecule has 1 saturated heterocycles. The number of ether oxygens (including phenoxy) is 1. The summed E-state index contributed by atoms with van der Waals surface area (Å²) in [5.41, 5.74) is 7.16. The fraction of sp³-hybridized carbons (Fsp3) is 0.500. The molecule has 0 radical (unpaired) electrons. The molecule has 3 heterocycles. The van der Waals surface area contributed by atoms with Crippen molar-refractivity contribution in [3.05, 3.63) is 29.7 Å². The molecule has 2 atom stereocenters. The maximum Gasteiger partial charge on any atom is 0.213 e. The molecule has 0 unspecified atom stereocenters. The molecule has 2 aromatic heterocycles. The Labute approximate surface area is 134 Å². The van der Waals surface area contributed by atoms with Crippen molar-refractivity contribution in [3.8, 4) is 5.88 Å². The quantitative estimate of drug-likeness (QED) is 0.838. The first-order valence-corrected chi connectivity index (χ1v) is 7.71. The highest BCUT2D eigenvalue weighted by Crippen LogP contribution is 2.20. The van der Waals surface area contributed by atoms with E-state index in [0.29, 0.717) is 48.7 Å². The van der Waals surface area contributed by atoms with E-state index in [2.05, 4.69) is 14.9 Å². The Morgan fingerprint density at radius 2 is 2.17 bits per heavy atom. The van der Waals surface area contributed by atoms with Crippen LogP contribution in [0.3, 0.4) is 0 Å². The standard InChI is InChI=1S/C16H21FN4O2/c1-23-16-3-2-13-14(20-16)6-11(17)12(19-13)4-5-21-8-10(7-18)15(22)9-21/h2-3,6,10,15,22H,4-5,7-9,18H2,1H3/t10-,15+/m0/s1. The van der Waals surface area contributed by atoms with Gasteiger partial charge in [0.05, 0.1) is 29.9 Å². The van der Waals surface area contributed by atoms with Crippen molar-refractivity contribution in [1.29, 1.82) is 0 Å². The van der Waals surface area contributed by atoms with Crippen LogP contribution >= 0.6 is 0 Å². The Hall–Kier alpha value is -1.83. The van der Waals surface area contributed by atoms with E-state index in [1.807, 2.05) is 0 Å². The van der Waals surface area contributed by atoms with Crippen molar-refractivity contribution in [2.75, 3.05) is 33.3 Å². The summed E-state index contributed by atoms with van der Waals surface area (Å²) in [5, 5.41) is 9.87. The second kappa shape index (κ2) is 6.74. The van der Waals surface area contributed by atoms with Gasteiger partial charge in [-0.15, -0.1) is 0 Å². The maximum absolute atomic E-state index is 14.2. The summed E-state index contributed by atoms with van der Waals surface area (Å²) < 4.78 is 19.3. The Kier molecular flexibility index (Phi) is 4.70. The van der Waals surface area contributed by atoms with Crippen LogP contribution in [0.15, 0.2) is 18.2 Å². The van der Waals surface area contributed by atoms with Gasteiger partial charge in [0.25, 0.3) is 0 Å². The fourth-order valence-corrected chi connectivity index (χ4v) is 2.96. The molecule has 7 heteroatoms. The number of aromatic nitrogens is 2. The topological polar surface area (TPSA) is 84.5 Å². The number of likely N-dealkylation sites (tertiary alicyclic amines) is 1. The Balaban J connectivity index is 1.72. The molecule has 0 amide bonds. The van der Waals surface area contributed by atoms with Gasteiger partial charge in [0.1, 0.15) is 5.82 Å². The zero-order chi connectivity index (χ0) is 16.4. The van der Waals surface area contributed by atoms with Gasteiger partial charge in [-0.3, -0.25) is 4.90 Å². The minimum absolute atomic E-state index is 0.0982. The number of nitrogens with zero attached hydrogens (tertiary/aromatic N) is 3. The number of pyridine rings is 2. The van der Waals surface area contributed by atoms with Crippen molar-refractivity contribution in [2.45, 2.75) is 12.5 Å². The fourth-order valence-electron chi connectivity index (χ4n) is 2.96. The smallest absolute Gasteiger partial charge is 0.213 e. The van der Waals surface area contributed by atoms with Crippen LogP contribution in [0.5, 0.6) is 5.88 Å². The number of fused-ring (bicyclic) bond motifs is 1. The summed E-state index contributed by atoms with van der Waals surface area (Å²) in [5.74, 6) is 0.166. The van der Waals surface area contributed by atoms with Crippen molar-refractivity contribution in [1.82, 2.24) is 14.9 Å². The third-order valence-corrected chi connectivity index (χ3v) is 4.33. The first kappa shape index (κ1) is 16.0. The van der Waals surface area contributed by atoms with Gasteiger partial charge in [-0.1, -0.05) is 0 Å². The summed E-state index contributed by atoms with van der Waals surface area (Å²) in [7, 11) is 1.52. The summed E-state index contributed by atoms with van der Waals surface area (Å²) in [4.78, 5) is 10.6. The van der Waals surface area contributed by atoms with Crippen LogP contribution < -0.4 is 10.5 Å². The van der Waals surface area contributed by atoms with Gasteiger partial charge in [-0.25, -0.2) is 14.4 Å². The Morgan fingerprint density at radius 3 is 2.87 bits per heavy atom. The molecule has 124 valence electrons. The molecule has 6 nitrogen and oxygen atoms in total. The molecule has 1 aliphatic rings. The molecule has 0 aliphatic carbocycles. The minimum atomic E-state index is -0.397. The first-order chi connectivity index (χ1) is 11.1. The SMILES string of the molecule is COc1ccc2nc(CCN3C[C@H](CN)[C@H](O)C3)c(F)cc2n1. The van der Waals surface area contributed by atoms with Gasteiger partial charge in [0.15, 0.2) is 0 Å². The highest BCUT2D eigenvalue weighted by molar-refractivity contribution is 5.74. The highest BCUT2D eigenvalue weighted by atomic mass is 19.1. The van der Waals surface area contributed by atoms with Gasteiger partial charge < -0.3 is 15.6 Å². The average molecular weight is 320 g/mol. The van der Waals surface area contributed by atoms with Crippen LogP contribution in [0.25, 0.3) is 11.0 Å². The number of methoxy groups -OCH3 is 1. The van der Waals surface area contributed by atoms with Crippen molar-refractivity contribution in [3.63, 3.8) is 0 Å². The van der Waals surface area contributed by atoms with E-state index in [-0.39, 0.29) is 11.7 Å². The monoisotopic (exact) mass is 320 g/mol. The molecule has 0 aromatic carbocycles. The van der Waals surface area contributed by atoms with Gasteiger partial charge in [-0.05, 0) is 12.6 Å². The number of nitrogens with two attached hydrogens (primary N) is 1. The summed E-state index contributed by atoms with van der Waals surface area (Å²) >= 11 is 0. The lowest BCUT2D eigenvalue weighted by atomic mass is 10.1. The van der Waals surface area contributed by atoms with Gasteiger partial charge in [-0.2, -0.15) is 0 Å². The number of hydrogen-bond acceptors (Lipinski definition) is 6. The number of rotatable bonds is 5. The van der Waals surface area contributed by atoms with Gasteiger partial charge in [0, 0.05) is 44.1 Å². The van der Waals surface area contributed by atoms with E-state index in [9.17, 15) is 9.50 Å². The zero-order valence-electron chi connectivity index (χ0n) is 13.1. The predicted octanol–water partition coefficient (Wildman–Crippen LogP) is 0.571. The number of halogens is 1. The summed E-state index contributed by atoms with van der Waals surface area (Å²) in [6.45, 7) is 2.43. The average Bonchev–Trinajstić information content (AvgIpc) is 2.92. The van der Waals surface area contributed by atoms with E-state index in [0.717, 1.165) is 6.54 Å². The van der Waals surface area contributed by atoms with Crippen LogP contribution in [0.1, 0.15) is 5.69 Å². The summed E-state index contributed by atoms with van der Waals surface area (Å²) in [6, 6.07) is 4.87. The van der Waals surface area contributed by atoms with Crippen LogP contribution in [-0.2, 0) is 6.42 Å². The Morgan fingerprint density at radius 1 is 1.35 bits per heavy atom. The van der Waals surface area contributed by atoms with E-state index in [4.69, 9.17) is 10.5 Å². The zero-order valence-corrected chi connectivity index (χ0v) is 13.1. The van der Waals surface area contributed by atoms with Crippen molar-refractivity contribution in [2.24, 2.45) is 11.7 Å². The van der Waals surface area contributed by atoms with Crippen molar-refractivity contribution >= 4 is 11.0 Å². The predicted molar refractivity (Wildman–Crippen MR) is 84.7 cm³/mol. The molecule has 0 bridgehead atoms. The normalized spacial score (nSPS) is 21.9. The second-order valence-electron chi connectivity index (χ2n) is 5.88. The molecule has 23 heavy (non-hydrogen) atoms. The van der Waals surface area contributed by atoms with Crippen LogP contribution in [0.4, 0.5) is 4.39 Å². The van der Waals surface area contributed by atoms with E-state index >= 15 is 0 Å². The van der Waals surface area contributed by atoms with E-state index < -0.39 is 6.10 Å². The molecule has 2 aromatic rings. The lowest BCUT2D eigenvalue weighted by Crippen LogP contribution is -2.26. The third-order valence-electron chi connectivity index (χ3n) is 4.33. The largest absolute Gasteiger partial charge is 0.481 e. The first-order valence-electron chi connectivity index (χ1n) is 7.71. The van der Waals surface area contributed by atoms with Crippen LogP contribution in [0, 0.1) is 11.7 Å². The molecular weight excluding hydrogens is 299 g/mol. The van der Waals surface area contributed by atoms with Crippen LogP contribution in [0.2, 0.25) is 0 Å². The van der Waals surface area contributed by atoms with E-state index in [1.54, 1.807) is 12.1 Å². The van der Waals surface area contributed by atoms with Gasteiger partial charge in [0.2, 0.25) is 5.88 Å². The number of β-amino-alcohol motifs (C(OH)–C–C–N with tert-alkyl or cyclic N) is 1. The molecule has 3 N–H and O–H groups in total. The Bertz CT molecular complexity index is 697. The lowest BCUT2D eigenvalue weighted by Gasteiger charge is -2.15. The molecule has 1 aliphatic heterocycles. The van der Waals surface area contributed by atoms with Gasteiger partial charge >= 0.3 is 0 Å². The third kappa shape index (κ3) is 3.41. The molecule has 3 rings (SSSR count). The number of aliphatic hydroxyl groups is 1. The maximum atomic E-state index is 14.2. The minimum Gasteiger partial charge on any atom is -0.481 e. The van der Waals surface area contributed by atoms with Crippen LogP contribution in [-0.4, -0.2) is 59.4 Å². The lowest BCUT2D eigenvalue weighted by molar-refractivity contribution is 0.144. The summed E-state index contributed by atoms with van der Waals surface area (Å²) in [6.07, 6.45) is 0.0868.